The number of hydrogen-bond donors (Lipinski definition) is 1. The fourth-order valence-corrected chi connectivity index (χ4v) is 1.30. The lowest BCUT2D eigenvalue weighted by Gasteiger charge is -2.08. The van der Waals surface area contributed by atoms with Crippen molar-refractivity contribution in [3.8, 4) is 0 Å². The van der Waals surface area contributed by atoms with E-state index in [9.17, 15) is 13.6 Å². The quantitative estimate of drug-likeness (QED) is 0.820. The molecule has 15 heavy (non-hydrogen) atoms. The van der Waals surface area contributed by atoms with E-state index in [2.05, 4.69) is 4.98 Å². The summed E-state index contributed by atoms with van der Waals surface area (Å²) >= 11 is 5.57. The summed E-state index contributed by atoms with van der Waals surface area (Å²) in [5.41, 5.74) is -0.0790. The molecule has 1 aromatic heterocycles. The number of aryl methyl sites for hydroxylation is 1. The summed E-state index contributed by atoms with van der Waals surface area (Å²) in [5.74, 6) is -1.18. The first kappa shape index (κ1) is 11.8. The number of pyridine rings is 1. The van der Waals surface area contributed by atoms with E-state index >= 15 is 0 Å². The summed E-state index contributed by atoms with van der Waals surface area (Å²) in [6.07, 6.45) is -3.30. The molecule has 3 nitrogen and oxygen atoms in total. The third-order valence-corrected chi connectivity index (χ3v) is 2.19. The molecule has 0 aliphatic heterocycles. The molecule has 0 fully saturated rings. The highest BCUT2D eigenvalue weighted by Gasteiger charge is 2.18. The topological polar surface area (TPSA) is 50.2 Å². The van der Waals surface area contributed by atoms with Gasteiger partial charge in [0.25, 0.3) is 6.43 Å². The molecule has 0 amide bonds. The molecule has 1 aromatic rings. The minimum Gasteiger partial charge on any atom is -0.481 e. The second-order valence-corrected chi connectivity index (χ2v) is 3.37. The van der Waals surface area contributed by atoms with E-state index in [-0.39, 0.29) is 10.7 Å². The Morgan fingerprint density at radius 2 is 2.27 bits per heavy atom. The lowest BCUT2D eigenvalue weighted by atomic mass is 10.1. The van der Waals surface area contributed by atoms with Crippen molar-refractivity contribution in [1.82, 2.24) is 4.98 Å². The maximum atomic E-state index is 12.5. The van der Waals surface area contributed by atoms with Crippen molar-refractivity contribution in [3.63, 3.8) is 0 Å². The van der Waals surface area contributed by atoms with Gasteiger partial charge >= 0.3 is 5.97 Å². The predicted molar refractivity (Wildman–Crippen MR) is 50.3 cm³/mol. The van der Waals surface area contributed by atoms with Crippen molar-refractivity contribution in [2.45, 2.75) is 19.8 Å². The maximum absolute atomic E-state index is 12.5. The Morgan fingerprint density at radius 1 is 1.67 bits per heavy atom. The Hall–Kier alpha value is -1.23. The monoisotopic (exact) mass is 235 g/mol. The van der Waals surface area contributed by atoms with Crippen molar-refractivity contribution in [3.05, 3.63) is 28.0 Å². The molecule has 0 saturated heterocycles. The van der Waals surface area contributed by atoms with Crippen LogP contribution in [-0.4, -0.2) is 16.1 Å². The number of carbonyl (C=O) groups is 1. The normalized spacial score (nSPS) is 10.7. The Kier molecular flexibility index (Phi) is 3.57. The molecule has 0 radical (unpaired) electrons. The highest BCUT2D eigenvalue weighted by molar-refractivity contribution is 6.30. The number of carboxylic acids is 1. The molecule has 0 aliphatic rings. The zero-order valence-corrected chi connectivity index (χ0v) is 8.55. The number of alkyl halides is 2. The van der Waals surface area contributed by atoms with Gasteiger partial charge in [-0.15, -0.1) is 0 Å². The largest absolute Gasteiger partial charge is 0.481 e. The van der Waals surface area contributed by atoms with Gasteiger partial charge in [0.15, 0.2) is 0 Å². The molecule has 0 aromatic carbocycles. The van der Waals surface area contributed by atoms with Gasteiger partial charge in [0.05, 0.1) is 6.42 Å². The zero-order valence-electron chi connectivity index (χ0n) is 7.80. The summed E-state index contributed by atoms with van der Waals surface area (Å²) in [7, 11) is 0. The first-order valence-electron chi connectivity index (χ1n) is 4.07. The lowest BCUT2D eigenvalue weighted by molar-refractivity contribution is -0.136. The molecular formula is C9H8ClF2NO2. The second kappa shape index (κ2) is 4.53. The van der Waals surface area contributed by atoms with E-state index in [1.165, 1.54) is 6.07 Å². The van der Waals surface area contributed by atoms with Gasteiger partial charge in [0, 0.05) is 0 Å². The summed E-state index contributed by atoms with van der Waals surface area (Å²) in [6, 6.07) is 1.32. The molecule has 0 bridgehead atoms. The molecule has 1 N–H and O–H groups in total. The highest BCUT2D eigenvalue weighted by atomic mass is 35.5. The third-order valence-electron chi connectivity index (χ3n) is 1.81. The molecule has 0 spiro atoms. The van der Waals surface area contributed by atoms with Gasteiger partial charge in [0.2, 0.25) is 0 Å². The Bertz CT molecular complexity index is 396. The van der Waals surface area contributed by atoms with E-state index in [1.54, 1.807) is 6.92 Å². The van der Waals surface area contributed by atoms with Gasteiger partial charge < -0.3 is 5.11 Å². The van der Waals surface area contributed by atoms with Crippen LogP contribution in [0.5, 0.6) is 0 Å². The first-order chi connectivity index (χ1) is 6.91. The summed E-state index contributed by atoms with van der Waals surface area (Å²) in [6.45, 7) is 1.58. The van der Waals surface area contributed by atoms with Gasteiger partial charge in [-0.1, -0.05) is 17.7 Å². The maximum Gasteiger partial charge on any atom is 0.307 e. The fourth-order valence-electron chi connectivity index (χ4n) is 1.15. The Morgan fingerprint density at radius 3 is 2.73 bits per heavy atom. The number of hydrogen-bond acceptors (Lipinski definition) is 2. The SMILES string of the molecule is Cc1cc(CC(=O)O)c(C(F)F)nc1Cl. The number of aromatic nitrogens is 1. The van der Waals surface area contributed by atoms with Crippen LogP contribution >= 0.6 is 11.6 Å². The van der Waals surface area contributed by atoms with Gasteiger partial charge in [-0.25, -0.2) is 13.8 Å². The zero-order chi connectivity index (χ0) is 11.6. The number of halogens is 3. The van der Waals surface area contributed by atoms with Crippen LogP contribution < -0.4 is 0 Å². The van der Waals surface area contributed by atoms with Crippen molar-refractivity contribution >= 4 is 17.6 Å². The van der Waals surface area contributed by atoms with Crippen LogP contribution in [0.25, 0.3) is 0 Å². The first-order valence-corrected chi connectivity index (χ1v) is 4.45. The van der Waals surface area contributed by atoms with Crippen LogP contribution in [0.1, 0.15) is 23.2 Å². The van der Waals surface area contributed by atoms with Crippen molar-refractivity contribution in [1.29, 1.82) is 0 Å². The molecular weight excluding hydrogens is 228 g/mol. The van der Waals surface area contributed by atoms with Gasteiger partial charge in [-0.2, -0.15) is 0 Å². The minimum absolute atomic E-state index is 0.000556. The fraction of sp³-hybridized carbons (Fsp3) is 0.333. The number of rotatable bonds is 3. The molecule has 82 valence electrons. The van der Waals surface area contributed by atoms with E-state index in [1.807, 2.05) is 0 Å². The summed E-state index contributed by atoms with van der Waals surface area (Å²) in [5, 5.41) is 8.50. The second-order valence-electron chi connectivity index (χ2n) is 3.01. The average molecular weight is 236 g/mol. The van der Waals surface area contributed by atoms with Gasteiger partial charge in [-0.3, -0.25) is 4.79 Å². The Balaban J connectivity index is 3.21. The molecule has 1 rings (SSSR count). The van der Waals surface area contributed by atoms with E-state index in [0.29, 0.717) is 5.56 Å². The molecule has 1 heterocycles. The van der Waals surface area contributed by atoms with Crippen LogP contribution in [0.4, 0.5) is 8.78 Å². The van der Waals surface area contributed by atoms with Gasteiger partial charge in [-0.05, 0) is 18.1 Å². The Labute approximate surface area is 89.7 Å². The summed E-state index contributed by atoms with van der Waals surface area (Å²) < 4.78 is 25.0. The van der Waals surface area contributed by atoms with Crippen molar-refractivity contribution in [2.75, 3.05) is 0 Å². The molecule has 0 atom stereocenters. The van der Waals surface area contributed by atoms with E-state index in [0.717, 1.165) is 0 Å². The van der Waals surface area contributed by atoms with Crippen molar-refractivity contribution < 1.29 is 18.7 Å². The van der Waals surface area contributed by atoms with Crippen molar-refractivity contribution in [2.24, 2.45) is 0 Å². The standard InChI is InChI=1S/C9H8ClF2NO2/c1-4-2-5(3-6(14)15)7(9(11)12)13-8(4)10/h2,9H,3H2,1H3,(H,14,15). The lowest BCUT2D eigenvalue weighted by Crippen LogP contribution is -2.07. The third kappa shape index (κ3) is 2.86. The van der Waals surface area contributed by atoms with Crippen LogP contribution in [0.3, 0.4) is 0 Å². The molecule has 0 unspecified atom stereocenters. The number of nitrogens with zero attached hydrogens (tertiary/aromatic N) is 1. The van der Waals surface area contributed by atoms with Crippen LogP contribution in [0.15, 0.2) is 6.07 Å². The van der Waals surface area contributed by atoms with Gasteiger partial charge in [0.1, 0.15) is 10.8 Å². The number of carboxylic acid groups (broad SMARTS) is 1. The minimum atomic E-state index is -2.82. The van der Waals surface area contributed by atoms with E-state index < -0.39 is 24.5 Å². The van der Waals surface area contributed by atoms with E-state index in [4.69, 9.17) is 16.7 Å². The number of aliphatic carboxylic acids is 1. The molecule has 6 heteroatoms. The smallest absolute Gasteiger partial charge is 0.307 e. The van der Waals surface area contributed by atoms with Crippen LogP contribution in [-0.2, 0) is 11.2 Å². The molecule has 0 saturated carbocycles. The molecule has 0 aliphatic carbocycles. The predicted octanol–water partition coefficient (Wildman–Crippen LogP) is 2.61. The average Bonchev–Trinajstić information content (AvgIpc) is 2.09. The highest BCUT2D eigenvalue weighted by Crippen LogP contribution is 2.25. The summed E-state index contributed by atoms with van der Waals surface area (Å²) in [4.78, 5) is 13.9. The van der Waals surface area contributed by atoms with Crippen LogP contribution in [0, 0.1) is 6.92 Å². The van der Waals surface area contributed by atoms with Crippen LogP contribution in [0.2, 0.25) is 5.15 Å².